The van der Waals surface area contributed by atoms with Crippen LogP contribution in [0.3, 0.4) is 0 Å². The lowest BCUT2D eigenvalue weighted by Gasteiger charge is -2.39. The number of aromatic nitrogens is 2. The van der Waals surface area contributed by atoms with Gasteiger partial charge in [0.25, 0.3) is 0 Å². The lowest BCUT2D eigenvalue weighted by atomic mass is 9.93. The van der Waals surface area contributed by atoms with Crippen molar-refractivity contribution in [2.45, 2.75) is 45.8 Å². The summed E-state index contributed by atoms with van der Waals surface area (Å²) in [6.07, 6.45) is 4.82. The van der Waals surface area contributed by atoms with Crippen LogP contribution >= 0.6 is 11.6 Å². The molecule has 27 heavy (non-hydrogen) atoms. The van der Waals surface area contributed by atoms with E-state index < -0.39 is 5.60 Å². The molecule has 0 bridgehead atoms. The average molecular weight is 392 g/mol. The Hall–Kier alpha value is -2.05. The molecule has 1 aromatic carbocycles. The largest absolute Gasteiger partial charge is 0.491 e. The smallest absolute Gasteiger partial charge is 0.242 e. The number of nitrogens with zero attached hydrogens (tertiary/aromatic N) is 3. The van der Waals surface area contributed by atoms with Crippen LogP contribution in [-0.2, 0) is 11.3 Å². The summed E-state index contributed by atoms with van der Waals surface area (Å²) in [5.74, 6) is 1.46. The number of likely N-dealkylation sites (tertiary alicyclic amines) is 1. The molecular formula is C20H26ClN3O3. The Balaban J connectivity index is 1.62. The second-order valence-electron chi connectivity index (χ2n) is 7.41. The van der Waals surface area contributed by atoms with Crippen LogP contribution in [0.2, 0.25) is 5.02 Å². The van der Waals surface area contributed by atoms with Crippen LogP contribution in [0.15, 0.2) is 24.5 Å². The maximum absolute atomic E-state index is 12.6. The first-order valence-corrected chi connectivity index (χ1v) is 9.53. The van der Waals surface area contributed by atoms with Gasteiger partial charge in [0.1, 0.15) is 30.3 Å². The number of imidazole rings is 1. The highest BCUT2D eigenvalue weighted by atomic mass is 35.5. The molecule has 0 spiro atoms. The number of hydrogen-bond acceptors (Lipinski definition) is 4. The Morgan fingerprint density at radius 3 is 2.67 bits per heavy atom. The third kappa shape index (κ3) is 4.62. The Bertz CT molecular complexity index is 813. The van der Waals surface area contributed by atoms with E-state index in [1.807, 2.05) is 37.5 Å². The average Bonchev–Trinajstić information content (AvgIpc) is 3.02. The molecule has 2 aromatic rings. The van der Waals surface area contributed by atoms with Gasteiger partial charge in [0.05, 0.1) is 6.54 Å². The van der Waals surface area contributed by atoms with Gasteiger partial charge >= 0.3 is 0 Å². The van der Waals surface area contributed by atoms with Gasteiger partial charge < -0.3 is 19.3 Å². The molecule has 3 rings (SSSR count). The van der Waals surface area contributed by atoms with Gasteiger partial charge in [-0.1, -0.05) is 11.6 Å². The van der Waals surface area contributed by atoms with Crippen molar-refractivity contribution in [1.29, 1.82) is 0 Å². The molecule has 1 aliphatic rings. The number of ether oxygens (including phenoxy) is 1. The van der Waals surface area contributed by atoms with Crippen LogP contribution in [0.4, 0.5) is 0 Å². The Labute approximate surface area is 164 Å². The number of carbonyl (C=O) groups excluding carboxylic acids is 1. The van der Waals surface area contributed by atoms with Crippen molar-refractivity contribution in [3.63, 3.8) is 0 Å². The number of hydrogen-bond donors (Lipinski definition) is 1. The second kappa shape index (κ2) is 7.90. The summed E-state index contributed by atoms with van der Waals surface area (Å²) < 4.78 is 7.67. The molecule has 0 radical (unpaired) electrons. The predicted octanol–water partition coefficient (Wildman–Crippen LogP) is 2.89. The number of β-amino-alcohol motifs (C(OH)–C–C–N with tert-alkyl or cyclic N) is 1. The Morgan fingerprint density at radius 1 is 1.33 bits per heavy atom. The molecular weight excluding hydrogens is 366 g/mol. The highest BCUT2D eigenvalue weighted by molar-refractivity contribution is 6.32. The number of benzene rings is 1. The Kier molecular flexibility index (Phi) is 5.77. The predicted molar refractivity (Wildman–Crippen MR) is 104 cm³/mol. The molecule has 1 saturated heterocycles. The van der Waals surface area contributed by atoms with Gasteiger partial charge in [0.15, 0.2) is 0 Å². The molecule has 0 aliphatic carbocycles. The number of piperidine rings is 1. The zero-order valence-corrected chi connectivity index (χ0v) is 16.8. The maximum Gasteiger partial charge on any atom is 0.242 e. The van der Waals surface area contributed by atoms with Crippen molar-refractivity contribution in [3.8, 4) is 5.75 Å². The van der Waals surface area contributed by atoms with Gasteiger partial charge in [0.2, 0.25) is 5.91 Å². The van der Waals surface area contributed by atoms with Gasteiger partial charge in [-0.25, -0.2) is 4.98 Å². The zero-order chi connectivity index (χ0) is 19.6. The SMILES string of the molecule is Cc1cc(OCC2(O)CCCN(C(=O)Cn3ccnc3C)C2)cc(C)c1Cl. The van der Waals surface area contributed by atoms with E-state index in [1.165, 1.54) is 0 Å². The van der Waals surface area contributed by atoms with Gasteiger partial charge in [-0.3, -0.25) is 4.79 Å². The van der Waals surface area contributed by atoms with Crippen molar-refractivity contribution >= 4 is 17.5 Å². The summed E-state index contributed by atoms with van der Waals surface area (Å²) in [5, 5.41) is 11.7. The fourth-order valence-electron chi connectivity index (χ4n) is 3.47. The van der Waals surface area contributed by atoms with Crippen molar-refractivity contribution in [1.82, 2.24) is 14.5 Å². The van der Waals surface area contributed by atoms with Crippen molar-refractivity contribution in [3.05, 3.63) is 46.5 Å². The monoisotopic (exact) mass is 391 g/mol. The van der Waals surface area contributed by atoms with Gasteiger partial charge in [-0.05, 0) is 56.9 Å². The third-order valence-corrected chi connectivity index (χ3v) is 5.65. The summed E-state index contributed by atoms with van der Waals surface area (Å²) in [7, 11) is 0. The molecule has 2 heterocycles. The lowest BCUT2D eigenvalue weighted by molar-refractivity contribution is -0.140. The first-order valence-electron chi connectivity index (χ1n) is 9.15. The van der Waals surface area contributed by atoms with E-state index in [9.17, 15) is 9.90 Å². The summed E-state index contributed by atoms with van der Waals surface area (Å²) in [6, 6.07) is 3.73. The van der Waals surface area contributed by atoms with E-state index in [2.05, 4.69) is 4.98 Å². The summed E-state index contributed by atoms with van der Waals surface area (Å²) in [4.78, 5) is 18.5. The minimum atomic E-state index is -1.06. The molecule has 1 fully saturated rings. The highest BCUT2D eigenvalue weighted by Gasteiger charge is 2.36. The van der Waals surface area contributed by atoms with Crippen LogP contribution in [0.5, 0.6) is 5.75 Å². The zero-order valence-electron chi connectivity index (χ0n) is 16.0. The molecule has 1 amide bonds. The molecule has 1 atom stereocenters. The maximum atomic E-state index is 12.6. The van der Waals surface area contributed by atoms with Crippen molar-refractivity contribution < 1.29 is 14.6 Å². The second-order valence-corrected chi connectivity index (χ2v) is 7.78. The molecule has 1 N–H and O–H groups in total. The molecule has 1 aromatic heterocycles. The minimum Gasteiger partial charge on any atom is -0.491 e. The summed E-state index contributed by atoms with van der Waals surface area (Å²) >= 11 is 6.19. The molecule has 1 aliphatic heterocycles. The molecule has 1 unspecified atom stereocenters. The number of aryl methyl sites for hydroxylation is 3. The Morgan fingerprint density at radius 2 is 2.04 bits per heavy atom. The van der Waals surface area contributed by atoms with E-state index in [4.69, 9.17) is 16.3 Å². The van der Waals surface area contributed by atoms with Crippen LogP contribution in [-0.4, -0.2) is 50.8 Å². The number of rotatable bonds is 5. The van der Waals surface area contributed by atoms with Gasteiger partial charge in [-0.15, -0.1) is 0 Å². The minimum absolute atomic E-state index is 0.0209. The normalized spacial score (nSPS) is 20.0. The van der Waals surface area contributed by atoms with E-state index in [0.717, 1.165) is 28.4 Å². The third-order valence-electron chi connectivity index (χ3n) is 5.05. The topological polar surface area (TPSA) is 67.6 Å². The van der Waals surface area contributed by atoms with E-state index in [1.54, 1.807) is 17.3 Å². The van der Waals surface area contributed by atoms with E-state index >= 15 is 0 Å². The van der Waals surface area contributed by atoms with Crippen LogP contribution in [0, 0.1) is 20.8 Å². The van der Waals surface area contributed by atoms with Crippen molar-refractivity contribution in [2.24, 2.45) is 0 Å². The number of amides is 1. The summed E-state index contributed by atoms with van der Waals surface area (Å²) in [5.41, 5.74) is 0.823. The number of aliphatic hydroxyl groups is 1. The van der Waals surface area contributed by atoms with Gasteiger partial charge in [-0.2, -0.15) is 0 Å². The number of carbonyl (C=O) groups is 1. The fourth-order valence-corrected chi connectivity index (χ4v) is 3.58. The highest BCUT2D eigenvalue weighted by Crippen LogP contribution is 2.28. The van der Waals surface area contributed by atoms with Gasteiger partial charge in [0, 0.05) is 24.0 Å². The van der Waals surface area contributed by atoms with Crippen molar-refractivity contribution in [2.75, 3.05) is 19.7 Å². The summed E-state index contributed by atoms with van der Waals surface area (Å²) in [6.45, 7) is 7.01. The molecule has 6 nitrogen and oxygen atoms in total. The first-order chi connectivity index (χ1) is 12.8. The number of halogens is 1. The van der Waals surface area contributed by atoms with Crippen LogP contribution < -0.4 is 4.74 Å². The molecule has 0 saturated carbocycles. The fraction of sp³-hybridized carbons (Fsp3) is 0.500. The van der Waals surface area contributed by atoms with Crippen LogP contribution in [0.1, 0.15) is 29.8 Å². The first kappa shape index (κ1) is 19.7. The quantitative estimate of drug-likeness (QED) is 0.850. The lowest BCUT2D eigenvalue weighted by Crippen LogP contribution is -2.53. The van der Waals surface area contributed by atoms with E-state index in [0.29, 0.717) is 18.7 Å². The van der Waals surface area contributed by atoms with E-state index in [-0.39, 0.29) is 25.6 Å². The standard InChI is InChI=1S/C20H26ClN3O3/c1-14-9-17(10-15(2)19(14)21)27-13-20(26)5-4-7-24(12-20)18(25)11-23-8-6-22-16(23)3/h6,8-10,26H,4-5,7,11-13H2,1-3H3. The molecule has 7 heteroatoms. The molecule has 146 valence electrons. The van der Waals surface area contributed by atoms with Crippen LogP contribution in [0.25, 0.3) is 0 Å².